The number of nitrogens with one attached hydrogen (secondary N) is 1. The number of piperidine rings is 1. The average Bonchev–Trinajstić information content (AvgIpc) is 3.01. The number of nitrogens with zero attached hydrogens (tertiary/aromatic N) is 5. The SMILES string of the molecule is CCn1nc(C)c2nc(N3CCC(=O)CC3)nc(Nc3ccc(Cl)cc3F)c21. The van der Waals surface area contributed by atoms with Gasteiger partial charge in [-0.15, -0.1) is 0 Å². The van der Waals surface area contributed by atoms with Crippen LogP contribution in [-0.4, -0.2) is 38.6 Å². The number of rotatable bonds is 4. The molecule has 2 aromatic heterocycles. The number of anilines is 3. The molecule has 3 aromatic rings. The zero-order valence-electron chi connectivity index (χ0n) is 15.7. The largest absolute Gasteiger partial charge is 0.340 e. The van der Waals surface area contributed by atoms with Crippen molar-refractivity contribution >= 4 is 45.9 Å². The molecule has 1 N–H and O–H groups in total. The Labute approximate surface area is 166 Å². The molecule has 3 heterocycles. The Morgan fingerprint density at radius 1 is 1.25 bits per heavy atom. The van der Waals surface area contributed by atoms with Crippen LogP contribution in [0.3, 0.4) is 0 Å². The molecule has 1 aliphatic heterocycles. The van der Waals surface area contributed by atoms with Crippen molar-refractivity contribution in [1.82, 2.24) is 19.7 Å². The van der Waals surface area contributed by atoms with Gasteiger partial charge in [0.25, 0.3) is 0 Å². The minimum absolute atomic E-state index is 0.244. The van der Waals surface area contributed by atoms with Crippen molar-refractivity contribution in [2.75, 3.05) is 23.3 Å². The predicted octanol–water partition coefficient (Wildman–Crippen LogP) is 3.86. The molecule has 0 spiro atoms. The molecular formula is C19H20ClFN6O. The summed E-state index contributed by atoms with van der Waals surface area (Å²) in [7, 11) is 0. The smallest absolute Gasteiger partial charge is 0.228 e. The van der Waals surface area contributed by atoms with Gasteiger partial charge in [0.1, 0.15) is 22.6 Å². The van der Waals surface area contributed by atoms with E-state index < -0.39 is 5.82 Å². The minimum atomic E-state index is -0.469. The number of ketones is 1. The minimum Gasteiger partial charge on any atom is -0.340 e. The molecular weight excluding hydrogens is 383 g/mol. The number of Topliss-reactive ketones (excluding diaryl/α,β-unsaturated/α-hetero) is 1. The van der Waals surface area contributed by atoms with E-state index in [9.17, 15) is 9.18 Å². The van der Waals surface area contributed by atoms with Gasteiger partial charge in [0.15, 0.2) is 5.82 Å². The molecule has 0 saturated carbocycles. The average molecular weight is 403 g/mol. The van der Waals surface area contributed by atoms with Gasteiger partial charge < -0.3 is 10.2 Å². The van der Waals surface area contributed by atoms with Crippen LogP contribution in [0.1, 0.15) is 25.5 Å². The van der Waals surface area contributed by atoms with Gasteiger partial charge in [-0.1, -0.05) is 11.6 Å². The van der Waals surface area contributed by atoms with Crippen LogP contribution in [-0.2, 0) is 11.3 Å². The molecule has 146 valence electrons. The molecule has 0 unspecified atom stereocenters. The predicted molar refractivity (Wildman–Crippen MR) is 107 cm³/mol. The van der Waals surface area contributed by atoms with Gasteiger partial charge in [-0.25, -0.2) is 9.37 Å². The maximum Gasteiger partial charge on any atom is 0.228 e. The molecule has 0 atom stereocenters. The highest BCUT2D eigenvalue weighted by atomic mass is 35.5. The maximum atomic E-state index is 14.4. The second-order valence-corrected chi connectivity index (χ2v) is 7.18. The van der Waals surface area contributed by atoms with Crippen LogP contribution >= 0.6 is 11.6 Å². The summed E-state index contributed by atoms with van der Waals surface area (Å²) in [5.74, 6) is 0.758. The summed E-state index contributed by atoms with van der Waals surface area (Å²) in [6, 6.07) is 4.44. The molecule has 1 saturated heterocycles. The fraction of sp³-hybridized carbons (Fsp3) is 0.368. The van der Waals surface area contributed by atoms with E-state index in [1.54, 1.807) is 16.8 Å². The topological polar surface area (TPSA) is 75.9 Å². The second kappa shape index (κ2) is 7.35. The lowest BCUT2D eigenvalue weighted by Crippen LogP contribution is -2.35. The number of carbonyl (C=O) groups excluding carboxylic acids is 1. The molecule has 1 aromatic carbocycles. The van der Waals surface area contributed by atoms with Crippen LogP contribution in [0.15, 0.2) is 18.2 Å². The van der Waals surface area contributed by atoms with Crippen molar-refractivity contribution in [1.29, 1.82) is 0 Å². The third-order valence-corrected chi connectivity index (χ3v) is 5.07. The maximum absolute atomic E-state index is 14.4. The number of aryl methyl sites for hydroxylation is 2. The monoisotopic (exact) mass is 402 g/mol. The molecule has 1 fully saturated rings. The Kier molecular flexibility index (Phi) is 4.89. The third-order valence-electron chi connectivity index (χ3n) is 4.83. The lowest BCUT2D eigenvalue weighted by Gasteiger charge is -2.26. The van der Waals surface area contributed by atoms with Crippen LogP contribution in [0.5, 0.6) is 0 Å². The van der Waals surface area contributed by atoms with Crippen molar-refractivity contribution in [3.05, 3.63) is 34.7 Å². The molecule has 0 amide bonds. The van der Waals surface area contributed by atoms with Crippen molar-refractivity contribution in [2.24, 2.45) is 0 Å². The molecule has 28 heavy (non-hydrogen) atoms. The summed E-state index contributed by atoms with van der Waals surface area (Å²) in [6.45, 7) is 5.63. The Morgan fingerprint density at radius 3 is 2.68 bits per heavy atom. The number of halogens is 2. The summed E-state index contributed by atoms with van der Waals surface area (Å²) in [5.41, 5.74) is 2.46. The number of aromatic nitrogens is 4. The van der Waals surface area contributed by atoms with Gasteiger partial charge in [-0.3, -0.25) is 9.48 Å². The summed E-state index contributed by atoms with van der Waals surface area (Å²) in [6.07, 6.45) is 0.951. The Bertz CT molecular complexity index is 1060. The highest BCUT2D eigenvalue weighted by Gasteiger charge is 2.23. The van der Waals surface area contributed by atoms with E-state index >= 15 is 0 Å². The molecule has 9 heteroatoms. The first-order valence-electron chi connectivity index (χ1n) is 9.20. The van der Waals surface area contributed by atoms with E-state index in [-0.39, 0.29) is 11.5 Å². The molecule has 1 aliphatic rings. The number of hydrogen-bond acceptors (Lipinski definition) is 6. The van der Waals surface area contributed by atoms with Crippen LogP contribution in [0.4, 0.5) is 21.8 Å². The Balaban J connectivity index is 1.83. The van der Waals surface area contributed by atoms with E-state index in [0.29, 0.717) is 60.3 Å². The molecule has 0 radical (unpaired) electrons. The lowest BCUT2D eigenvalue weighted by atomic mass is 10.1. The summed E-state index contributed by atoms with van der Waals surface area (Å²) in [4.78, 5) is 22.9. The standard InChI is InChI=1S/C19H20ClFN6O/c1-3-27-17-16(11(2)25-27)23-19(26-8-6-13(28)7-9-26)24-18(17)22-15-5-4-12(20)10-14(15)21/h4-5,10H,3,6-9H2,1-2H3,(H,22,23,24). The lowest BCUT2D eigenvalue weighted by molar-refractivity contribution is -0.119. The van der Waals surface area contributed by atoms with Gasteiger partial charge in [0.05, 0.1) is 11.4 Å². The molecule has 7 nitrogen and oxygen atoms in total. The quantitative estimate of drug-likeness (QED) is 0.714. The second-order valence-electron chi connectivity index (χ2n) is 6.75. The van der Waals surface area contributed by atoms with Gasteiger partial charge in [-0.05, 0) is 32.0 Å². The van der Waals surface area contributed by atoms with Crippen LogP contribution < -0.4 is 10.2 Å². The highest BCUT2D eigenvalue weighted by molar-refractivity contribution is 6.30. The first-order valence-corrected chi connectivity index (χ1v) is 9.58. The van der Waals surface area contributed by atoms with Gasteiger partial charge in [0, 0.05) is 37.5 Å². The van der Waals surface area contributed by atoms with Crippen LogP contribution in [0.2, 0.25) is 5.02 Å². The van der Waals surface area contributed by atoms with Crippen molar-refractivity contribution in [3.63, 3.8) is 0 Å². The first-order chi connectivity index (χ1) is 13.5. The zero-order chi connectivity index (χ0) is 19.8. The molecule has 4 rings (SSSR count). The third kappa shape index (κ3) is 3.40. The summed E-state index contributed by atoms with van der Waals surface area (Å²) >= 11 is 5.86. The van der Waals surface area contributed by atoms with E-state index in [0.717, 1.165) is 5.69 Å². The normalized spacial score (nSPS) is 14.7. The Morgan fingerprint density at radius 2 is 2.00 bits per heavy atom. The van der Waals surface area contributed by atoms with Gasteiger partial charge >= 0.3 is 0 Å². The summed E-state index contributed by atoms with van der Waals surface area (Å²) < 4.78 is 16.2. The van der Waals surface area contributed by atoms with E-state index in [2.05, 4.69) is 15.4 Å². The van der Waals surface area contributed by atoms with E-state index in [1.165, 1.54) is 6.07 Å². The number of carbonyl (C=O) groups is 1. The highest BCUT2D eigenvalue weighted by Crippen LogP contribution is 2.30. The Hall–Kier alpha value is -2.74. The van der Waals surface area contributed by atoms with Crippen LogP contribution in [0.25, 0.3) is 11.0 Å². The van der Waals surface area contributed by atoms with Crippen LogP contribution in [0, 0.1) is 12.7 Å². The fourth-order valence-electron chi connectivity index (χ4n) is 3.35. The zero-order valence-corrected chi connectivity index (χ0v) is 16.4. The first kappa shape index (κ1) is 18.6. The number of benzene rings is 1. The van der Waals surface area contributed by atoms with Crippen molar-refractivity contribution in [2.45, 2.75) is 33.2 Å². The number of hydrogen-bond donors (Lipinski definition) is 1. The van der Waals surface area contributed by atoms with Crippen molar-refractivity contribution in [3.8, 4) is 0 Å². The van der Waals surface area contributed by atoms with Crippen molar-refractivity contribution < 1.29 is 9.18 Å². The van der Waals surface area contributed by atoms with E-state index in [1.807, 2.05) is 18.7 Å². The number of fused-ring (bicyclic) bond motifs is 1. The molecule has 0 bridgehead atoms. The molecule has 0 aliphatic carbocycles. The fourth-order valence-corrected chi connectivity index (χ4v) is 3.51. The summed E-state index contributed by atoms with van der Waals surface area (Å²) in [5, 5.41) is 7.93. The van der Waals surface area contributed by atoms with Gasteiger partial charge in [-0.2, -0.15) is 10.1 Å². The van der Waals surface area contributed by atoms with E-state index in [4.69, 9.17) is 16.6 Å². The van der Waals surface area contributed by atoms with Gasteiger partial charge in [0.2, 0.25) is 5.95 Å².